The van der Waals surface area contributed by atoms with Gasteiger partial charge in [-0.2, -0.15) is 5.10 Å². The van der Waals surface area contributed by atoms with Gasteiger partial charge in [0.2, 0.25) is 11.8 Å². The van der Waals surface area contributed by atoms with Gasteiger partial charge in [-0.25, -0.2) is 9.67 Å². The van der Waals surface area contributed by atoms with Gasteiger partial charge in [0.1, 0.15) is 0 Å². The number of hydrogen-bond acceptors (Lipinski definition) is 4. The number of carbonyl (C=O) groups excluding carboxylic acids is 2. The fraction of sp³-hybridized carbons (Fsp3) is 0.500. The summed E-state index contributed by atoms with van der Waals surface area (Å²) < 4.78 is 1.79. The van der Waals surface area contributed by atoms with E-state index in [2.05, 4.69) is 19.2 Å². The van der Waals surface area contributed by atoms with E-state index in [0.717, 1.165) is 29.1 Å². The Morgan fingerprint density at radius 2 is 1.96 bits per heavy atom. The van der Waals surface area contributed by atoms with Gasteiger partial charge in [0.25, 0.3) is 0 Å². The summed E-state index contributed by atoms with van der Waals surface area (Å²) in [6.45, 7) is 9.70. The molecule has 1 aromatic carbocycles. The molecule has 2 aromatic rings. The number of benzene rings is 1. The van der Waals surface area contributed by atoms with Crippen molar-refractivity contribution in [2.75, 3.05) is 0 Å². The molecule has 0 saturated carbocycles. The van der Waals surface area contributed by atoms with Crippen LogP contribution in [0.4, 0.5) is 0 Å². The van der Waals surface area contributed by atoms with Crippen molar-refractivity contribution < 1.29 is 9.59 Å². The second-order valence-electron chi connectivity index (χ2n) is 7.44. The van der Waals surface area contributed by atoms with Crippen LogP contribution < -0.4 is 11.1 Å². The molecule has 0 aliphatic carbocycles. The number of nitrogens with two attached hydrogens (primary N) is 1. The summed E-state index contributed by atoms with van der Waals surface area (Å²) in [4.78, 5) is 27.7. The molecule has 2 rings (SSSR count). The minimum Gasteiger partial charge on any atom is -0.370 e. The molecule has 27 heavy (non-hydrogen) atoms. The first-order chi connectivity index (χ1) is 12.7. The molecule has 2 amide bonds. The molecule has 0 bridgehead atoms. The standard InChI is InChI=1S/C20H29N5O2/c1-12(2)10-19-23-20(16(22-15(5)26)8-9-18(21)27)25(24-19)17-11-13(3)6-7-14(17)4/h6-7,11-12,16H,8-10H2,1-5H3,(H2,21,27)(H,22,26)/t16-/m0/s1. The largest absolute Gasteiger partial charge is 0.370 e. The Labute approximate surface area is 160 Å². The summed E-state index contributed by atoms with van der Waals surface area (Å²) in [6, 6.07) is 5.69. The molecule has 0 fully saturated rings. The highest BCUT2D eigenvalue weighted by Gasteiger charge is 2.23. The molecule has 0 unspecified atom stereocenters. The number of nitrogens with zero attached hydrogens (tertiary/aromatic N) is 3. The number of primary amides is 1. The van der Waals surface area contributed by atoms with Crippen molar-refractivity contribution in [2.24, 2.45) is 11.7 Å². The minimum absolute atomic E-state index is 0.157. The van der Waals surface area contributed by atoms with Crippen LogP contribution in [0.1, 0.15) is 62.4 Å². The molecule has 0 radical (unpaired) electrons. The average molecular weight is 371 g/mol. The fourth-order valence-corrected chi connectivity index (χ4v) is 2.97. The molecule has 1 heterocycles. The molecule has 146 valence electrons. The van der Waals surface area contributed by atoms with Crippen molar-refractivity contribution in [1.82, 2.24) is 20.1 Å². The van der Waals surface area contributed by atoms with E-state index in [9.17, 15) is 9.59 Å². The molecule has 7 heteroatoms. The molecule has 0 spiro atoms. The van der Waals surface area contributed by atoms with E-state index in [0.29, 0.717) is 18.2 Å². The lowest BCUT2D eigenvalue weighted by molar-refractivity contribution is -0.121. The Kier molecular flexibility index (Phi) is 6.71. The van der Waals surface area contributed by atoms with Crippen LogP contribution in [0.25, 0.3) is 5.69 Å². The van der Waals surface area contributed by atoms with Gasteiger partial charge in [-0.15, -0.1) is 0 Å². The Hall–Kier alpha value is -2.70. The van der Waals surface area contributed by atoms with Crippen LogP contribution >= 0.6 is 0 Å². The van der Waals surface area contributed by atoms with Crippen molar-refractivity contribution in [3.8, 4) is 5.69 Å². The zero-order valence-corrected chi connectivity index (χ0v) is 16.7. The topological polar surface area (TPSA) is 103 Å². The number of aryl methyl sites for hydroxylation is 2. The zero-order chi connectivity index (χ0) is 20.1. The van der Waals surface area contributed by atoms with Gasteiger partial charge in [-0.05, 0) is 43.4 Å². The van der Waals surface area contributed by atoms with Crippen molar-refractivity contribution >= 4 is 11.8 Å². The third kappa shape index (κ3) is 5.64. The number of hydrogen-bond donors (Lipinski definition) is 2. The molecule has 1 atom stereocenters. The predicted octanol–water partition coefficient (Wildman–Crippen LogP) is 2.53. The Balaban J connectivity index is 2.56. The van der Waals surface area contributed by atoms with Crippen LogP contribution in [0.5, 0.6) is 0 Å². The molecular formula is C20H29N5O2. The number of rotatable bonds is 8. The maximum Gasteiger partial charge on any atom is 0.217 e. The molecule has 0 saturated heterocycles. The molecule has 0 aliphatic rings. The van der Waals surface area contributed by atoms with Gasteiger partial charge in [-0.1, -0.05) is 26.0 Å². The van der Waals surface area contributed by atoms with E-state index in [4.69, 9.17) is 15.8 Å². The lowest BCUT2D eigenvalue weighted by atomic mass is 10.1. The lowest BCUT2D eigenvalue weighted by Crippen LogP contribution is -2.29. The summed E-state index contributed by atoms with van der Waals surface area (Å²) in [5.74, 6) is 1.14. The lowest BCUT2D eigenvalue weighted by Gasteiger charge is -2.18. The van der Waals surface area contributed by atoms with Crippen LogP contribution in [-0.2, 0) is 16.0 Å². The fourth-order valence-electron chi connectivity index (χ4n) is 2.97. The van der Waals surface area contributed by atoms with Crippen LogP contribution in [0.15, 0.2) is 18.2 Å². The molecule has 1 aromatic heterocycles. The highest BCUT2D eigenvalue weighted by atomic mass is 16.1. The number of carbonyl (C=O) groups is 2. The van der Waals surface area contributed by atoms with E-state index >= 15 is 0 Å². The zero-order valence-electron chi connectivity index (χ0n) is 16.7. The van der Waals surface area contributed by atoms with Crippen LogP contribution in [0.2, 0.25) is 0 Å². The van der Waals surface area contributed by atoms with Crippen molar-refractivity contribution in [3.05, 3.63) is 41.0 Å². The van der Waals surface area contributed by atoms with Crippen molar-refractivity contribution in [2.45, 2.75) is 59.9 Å². The summed E-state index contributed by atoms with van der Waals surface area (Å²) in [7, 11) is 0. The SMILES string of the molecule is CC(=O)N[C@@H](CCC(N)=O)c1nc(CC(C)C)nn1-c1cc(C)ccc1C. The van der Waals surface area contributed by atoms with E-state index in [1.54, 1.807) is 4.68 Å². The Morgan fingerprint density at radius 1 is 1.26 bits per heavy atom. The van der Waals surface area contributed by atoms with Gasteiger partial charge < -0.3 is 11.1 Å². The Morgan fingerprint density at radius 3 is 2.56 bits per heavy atom. The maximum atomic E-state index is 11.7. The summed E-state index contributed by atoms with van der Waals surface area (Å²) in [5.41, 5.74) is 8.40. The predicted molar refractivity (Wildman–Crippen MR) is 104 cm³/mol. The molecule has 0 aliphatic heterocycles. The quantitative estimate of drug-likeness (QED) is 0.744. The first-order valence-corrected chi connectivity index (χ1v) is 9.26. The highest BCUT2D eigenvalue weighted by Crippen LogP contribution is 2.24. The molecular weight excluding hydrogens is 342 g/mol. The van der Waals surface area contributed by atoms with Crippen LogP contribution in [0.3, 0.4) is 0 Å². The summed E-state index contributed by atoms with van der Waals surface area (Å²) in [6.07, 6.45) is 1.26. The normalized spacial score (nSPS) is 12.2. The van der Waals surface area contributed by atoms with Gasteiger partial charge in [0.05, 0.1) is 11.7 Å². The van der Waals surface area contributed by atoms with Crippen LogP contribution in [-0.4, -0.2) is 26.6 Å². The van der Waals surface area contributed by atoms with Crippen LogP contribution in [0, 0.1) is 19.8 Å². The minimum atomic E-state index is -0.441. The van der Waals surface area contributed by atoms with E-state index < -0.39 is 11.9 Å². The highest BCUT2D eigenvalue weighted by molar-refractivity contribution is 5.75. The number of amides is 2. The average Bonchev–Trinajstić information content (AvgIpc) is 2.95. The van der Waals surface area contributed by atoms with Gasteiger partial charge in [0, 0.05) is 19.8 Å². The maximum absolute atomic E-state index is 11.7. The van der Waals surface area contributed by atoms with Gasteiger partial charge >= 0.3 is 0 Å². The number of nitrogens with one attached hydrogen (secondary N) is 1. The number of aromatic nitrogens is 3. The first kappa shape index (κ1) is 20.6. The summed E-state index contributed by atoms with van der Waals surface area (Å²) >= 11 is 0. The third-order valence-corrected chi connectivity index (χ3v) is 4.23. The second kappa shape index (κ2) is 8.79. The van der Waals surface area contributed by atoms with Crippen molar-refractivity contribution in [3.63, 3.8) is 0 Å². The third-order valence-electron chi connectivity index (χ3n) is 4.23. The first-order valence-electron chi connectivity index (χ1n) is 9.26. The van der Waals surface area contributed by atoms with Gasteiger partial charge in [0.15, 0.2) is 11.6 Å². The second-order valence-corrected chi connectivity index (χ2v) is 7.44. The Bertz CT molecular complexity index is 826. The molecule has 7 nitrogen and oxygen atoms in total. The van der Waals surface area contributed by atoms with E-state index in [1.165, 1.54) is 6.92 Å². The van der Waals surface area contributed by atoms with Gasteiger partial charge in [-0.3, -0.25) is 9.59 Å². The molecule has 3 N–H and O–H groups in total. The van der Waals surface area contributed by atoms with E-state index in [-0.39, 0.29) is 12.3 Å². The smallest absolute Gasteiger partial charge is 0.217 e. The van der Waals surface area contributed by atoms with E-state index in [1.807, 2.05) is 32.0 Å². The summed E-state index contributed by atoms with van der Waals surface area (Å²) in [5, 5.41) is 7.61. The van der Waals surface area contributed by atoms with Crippen molar-refractivity contribution in [1.29, 1.82) is 0 Å². The monoisotopic (exact) mass is 371 g/mol.